The number of ether oxygens (including phenoxy) is 3. The number of hydrogen-bond donors (Lipinski definition) is 0. The highest BCUT2D eigenvalue weighted by atomic mass is 16.6. The lowest BCUT2D eigenvalue weighted by molar-refractivity contribution is -0.167. The van der Waals surface area contributed by atoms with E-state index in [-0.39, 0.29) is 31.1 Å². The van der Waals surface area contributed by atoms with Gasteiger partial charge in [-0.1, -0.05) is 254 Å². The average molecular weight is 1010 g/mol. The molecule has 416 valence electrons. The zero-order valence-electron chi connectivity index (χ0n) is 47.7. The summed E-state index contributed by atoms with van der Waals surface area (Å²) in [5, 5.41) is 0. The smallest absolute Gasteiger partial charge is 0.306 e. The zero-order valence-corrected chi connectivity index (χ0v) is 47.7. The maximum absolute atomic E-state index is 12.9. The molecular weight excluding hydrogens is 889 g/mol. The molecule has 6 heteroatoms. The summed E-state index contributed by atoms with van der Waals surface area (Å²) in [6.07, 6.45) is 77.6. The fourth-order valence-electron chi connectivity index (χ4n) is 8.72. The van der Waals surface area contributed by atoms with Crippen molar-refractivity contribution >= 4 is 17.9 Å². The number of esters is 3. The highest BCUT2D eigenvalue weighted by Crippen LogP contribution is 2.16. The van der Waals surface area contributed by atoms with E-state index in [2.05, 4.69) is 93.7 Å². The van der Waals surface area contributed by atoms with Crippen molar-refractivity contribution in [2.24, 2.45) is 0 Å². The second-order valence-electron chi connectivity index (χ2n) is 20.6. The van der Waals surface area contributed by atoms with Crippen molar-refractivity contribution in [2.75, 3.05) is 13.2 Å². The van der Waals surface area contributed by atoms with Gasteiger partial charge in [0.05, 0.1) is 0 Å². The van der Waals surface area contributed by atoms with Crippen LogP contribution in [-0.2, 0) is 28.6 Å². The highest BCUT2D eigenvalue weighted by molar-refractivity contribution is 5.71. The Kier molecular flexibility index (Phi) is 57.8. The van der Waals surface area contributed by atoms with Crippen molar-refractivity contribution in [3.63, 3.8) is 0 Å². The third-order valence-corrected chi connectivity index (χ3v) is 13.4. The van der Waals surface area contributed by atoms with Crippen LogP contribution in [0.15, 0.2) is 72.9 Å². The monoisotopic (exact) mass is 1000 g/mol. The molecule has 0 spiro atoms. The Bertz CT molecular complexity index is 1340. The van der Waals surface area contributed by atoms with Crippen LogP contribution in [0.1, 0.15) is 310 Å². The molecule has 0 heterocycles. The quantitative estimate of drug-likeness (QED) is 0.0261. The van der Waals surface area contributed by atoms with Gasteiger partial charge in [-0.15, -0.1) is 0 Å². The van der Waals surface area contributed by atoms with E-state index in [9.17, 15) is 14.4 Å². The molecule has 1 atom stereocenters. The fourth-order valence-corrected chi connectivity index (χ4v) is 8.72. The Morgan fingerprint density at radius 3 is 0.847 bits per heavy atom. The number of carbonyl (C=O) groups is 3. The lowest BCUT2D eigenvalue weighted by Gasteiger charge is -2.18. The van der Waals surface area contributed by atoms with E-state index in [1.807, 2.05) is 0 Å². The first kappa shape index (κ1) is 68.8. The number of rotatable bonds is 56. The Balaban J connectivity index is 4.29. The molecule has 0 fully saturated rings. The molecule has 0 amide bonds. The molecule has 72 heavy (non-hydrogen) atoms. The van der Waals surface area contributed by atoms with Crippen LogP contribution >= 0.6 is 0 Å². The summed E-state index contributed by atoms with van der Waals surface area (Å²) in [5.74, 6) is -0.900. The Morgan fingerprint density at radius 1 is 0.278 bits per heavy atom. The minimum Gasteiger partial charge on any atom is -0.462 e. The first-order valence-electron chi connectivity index (χ1n) is 30.9. The molecule has 0 aliphatic carbocycles. The molecule has 0 aliphatic rings. The Morgan fingerprint density at radius 2 is 0.528 bits per heavy atom. The molecule has 6 nitrogen and oxygen atoms in total. The first-order chi connectivity index (χ1) is 35.5. The molecular formula is C66H116O6. The van der Waals surface area contributed by atoms with Crippen LogP contribution in [0.5, 0.6) is 0 Å². The van der Waals surface area contributed by atoms with E-state index in [0.717, 1.165) is 103 Å². The van der Waals surface area contributed by atoms with Crippen molar-refractivity contribution in [1.29, 1.82) is 0 Å². The summed E-state index contributed by atoms with van der Waals surface area (Å²) in [5.41, 5.74) is 0. The summed E-state index contributed by atoms with van der Waals surface area (Å²) in [6, 6.07) is 0. The molecule has 0 aromatic heterocycles. The molecule has 0 rings (SSSR count). The van der Waals surface area contributed by atoms with E-state index in [0.29, 0.717) is 19.3 Å². The minimum absolute atomic E-state index is 0.0837. The van der Waals surface area contributed by atoms with Gasteiger partial charge in [0, 0.05) is 19.3 Å². The van der Waals surface area contributed by atoms with Crippen molar-refractivity contribution in [3.05, 3.63) is 72.9 Å². The molecule has 1 unspecified atom stereocenters. The van der Waals surface area contributed by atoms with Crippen LogP contribution in [0.2, 0.25) is 0 Å². The van der Waals surface area contributed by atoms with Gasteiger partial charge in [0.25, 0.3) is 0 Å². The van der Waals surface area contributed by atoms with E-state index < -0.39 is 6.10 Å². The minimum atomic E-state index is -0.787. The first-order valence-corrected chi connectivity index (χ1v) is 30.9. The zero-order chi connectivity index (χ0) is 52.2. The van der Waals surface area contributed by atoms with Gasteiger partial charge in [0.2, 0.25) is 0 Å². The highest BCUT2D eigenvalue weighted by Gasteiger charge is 2.19. The van der Waals surface area contributed by atoms with Crippen LogP contribution in [0, 0.1) is 0 Å². The van der Waals surface area contributed by atoms with Crippen molar-refractivity contribution in [3.8, 4) is 0 Å². The van der Waals surface area contributed by atoms with E-state index in [1.165, 1.54) is 167 Å². The SMILES string of the molecule is CCC/C=C\CCCCCCCC(=O)OCC(COC(=O)CCCCCCCCCCCCC/C=C\C/C=C\CCCCCCC)OC(=O)CCCCCCCC/C=C\C/C=C\C/C=C\CCCCCCC. The van der Waals surface area contributed by atoms with Crippen LogP contribution < -0.4 is 0 Å². The maximum Gasteiger partial charge on any atom is 0.306 e. The topological polar surface area (TPSA) is 78.9 Å². The molecule has 0 N–H and O–H groups in total. The lowest BCUT2D eigenvalue weighted by Crippen LogP contribution is -2.30. The third kappa shape index (κ3) is 57.7. The number of carbonyl (C=O) groups excluding carboxylic acids is 3. The van der Waals surface area contributed by atoms with E-state index in [1.54, 1.807) is 0 Å². The van der Waals surface area contributed by atoms with Gasteiger partial charge in [0.15, 0.2) is 6.10 Å². The fraction of sp³-hybridized carbons (Fsp3) is 0.773. The predicted molar refractivity (Wildman–Crippen MR) is 311 cm³/mol. The third-order valence-electron chi connectivity index (χ3n) is 13.4. The van der Waals surface area contributed by atoms with Gasteiger partial charge in [-0.05, 0) is 109 Å². The maximum atomic E-state index is 12.9. The Labute approximate surface area is 446 Å². The summed E-state index contributed by atoms with van der Waals surface area (Å²) < 4.78 is 16.9. The van der Waals surface area contributed by atoms with Gasteiger partial charge < -0.3 is 14.2 Å². The van der Waals surface area contributed by atoms with Gasteiger partial charge in [-0.2, -0.15) is 0 Å². The van der Waals surface area contributed by atoms with Crippen LogP contribution in [0.25, 0.3) is 0 Å². The summed E-state index contributed by atoms with van der Waals surface area (Å²) >= 11 is 0. The molecule has 0 radical (unpaired) electrons. The van der Waals surface area contributed by atoms with Crippen LogP contribution in [-0.4, -0.2) is 37.2 Å². The van der Waals surface area contributed by atoms with Gasteiger partial charge in [0.1, 0.15) is 13.2 Å². The average Bonchev–Trinajstić information content (AvgIpc) is 3.38. The number of unbranched alkanes of at least 4 members (excludes halogenated alkanes) is 33. The largest absolute Gasteiger partial charge is 0.462 e. The van der Waals surface area contributed by atoms with E-state index in [4.69, 9.17) is 14.2 Å². The number of allylic oxidation sites excluding steroid dienone is 12. The lowest BCUT2D eigenvalue weighted by atomic mass is 10.0. The van der Waals surface area contributed by atoms with E-state index >= 15 is 0 Å². The summed E-state index contributed by atoms with van der Waals surface area (Å²) in [4.78, 5) is 38.2. The normalized spacial score (nSPS) is 12.5. The molecule has 0 aromatic rings. The summed E-state index contributed by atoms with van der Waals surface area (Å²) in [7, 11) is 0. The number of hydrogen-bond acceptors (Lipinski definition) is 6. The van der Waals surface area contributed by atoms with Crippen molar-refractivity contribution in [1.82, 2.24) is 0 Å². The van der Waals surface area contributed by atoms with Crippen LogP contribution in [0.3, 0.4) is 0 Å². The Hall–Kier alpha value is -3.15. The van der Waals surface area contributed by atoms with Crippen molar-refractivity contribution in [2.45, 2.75) is 316 Å². The molecule has 0 aliphatic heterocycles. The summed E-state index contributed by atoms with van der Waals surface area (Å²) in [6.45, 7) is 6.56. The predicted octanol–water partition coefficient (Wildman–Crippen LogP) is 20.9. The second kappa shape index (κ2) is 60.4. The standard InChI is InChI=1S/C66H116O6/c1-4-7-10-13-16-19-22-24-26-28-30-32-33-35-36-38-40-42-44-47-50-53-56-59-65(68)71-62-63(61-70-64(67)58-55-52-49-46-21-18-15-12-9-6-3)72-66(69)60-57-54-51-48-45-43-41-39-37-34-31-29-27-25-23-20-17-14-11-8-5-2/h12,15,22-25,28-31,37,39,63H,4-11,13-14,16-21,26-27,32-36,38,40-62H2,1-3H3/b15-12-,24-22-,25-23-,30-28-,31-29-,39-37-. The second-order valence-corrected chi connectivity index (χ2v) is 20.6. The molecule has 0 saturated heterocycles. The van der Waals surface area contributed by atoms with Gasteiger partial charge in [-0.25, -0.2) is 0 Å². The van der Waals surface area contributed by atoms with Crippen LogP contribution in [0.4, 0.5) is 0 Å². The van der Waals surface area contributed by atoms with Crippen molar-refractivity contribution < 1.29 is 28.6 Å². The van der Waals surface area contributed by atoms with Gasteiger partial charge >= 0.3 is 17.9 Å². The molecule has 0 saturated carbocycles. The molecule has 0 aromatic carbocycles. The molecule has 0 bridgehead atoms. The van der Waals surface area contributed by atoms with Gasteiger partial charge in [-0.3, -0.25) is 14.4 Å².